The molecular formula is C18H27N3O4S. The maximum absolute atomic E-state index is 12.5. The lowest BCUT2D eigenvalue weighted by atomic mass is 10.1. The SMILES string of the molecule is C[C@H]1COc2ccc(CN(C3CC3)S(C)(=O)=O)cc2CN1C(=O)N(C)C. The third-order valence-electron chi connectivity index (χ3n) is 4.82. The van der Waals surface area contributed by atoms with E-state index in [2.05, 4.69) is 0 Å². The average Bonchev–Trinajstić information content (AvgIpc) is 3.39. The molecule has 3 rings (SSSR count). The Morgan fingerprint density at radius 1 is 1.31 bits per heavy atom. The summed E-state index contributed by atoms with van der Waals surface area (Å²) in [4.78, 5) is 15.8. The van der Waals surface area contributed by atoms with Crippen LogP contribution in [0.3, 0.4) is 0 Å². The number of nitrogens with zero attached hydrogens (tertiary/aromatic N) is 3. The molecule has 0 spiro atoms. The molecule has 1 atom stereocenters. The van der Waals surface area contributed by atoms with Crippen molar-refractivity contribution in [1.82, 2.24) is 14.1 Å². The van der Waals surface area contributed by atoms with Gasteiger partial charge in [-0.2, -0.15) is 4.31 Å². The molecule has 26 heavy (non-hydrogen) atoms. The zero-order chi connectivity index (χ0) is 19.1. The van der Waals surface area contributed by atoms with E-state index in [0.29, 0.717) is 19.7 Å². The molecular weight excluding hydrogens is 354 g/mol. The fourth-order valence-corrected chi connectivity index (χ4v) is 4.34. The Kier molecular flexibility index (Phi) is 5.16. The number of hydrogen-bond acceptors (Lipinski definition) is 4. The van der Waals surface area contributed by atoms with Gasteiger partial charge in [0.1, 0.15) is 12.4 Å². The van der Waals surface area contributed by atoms with Gasteiger partial charge < -0.3 is 14.5 Å². The van der Waals surface area contributed by atoms with Crippen LogP contribution < -0.4 is 4.74 Å². The molecule has 8 heteroatoms. The van der Waals surface area contributed by atoms with Gasteiger partial charge in [-0.25, -0.2) is 13.2 Å². The first-order valence-corrected chi connectivity index (χ1v) is 10.7. The first kappa shape index (κ1) is 19.0. The van der Waals surface area contributed by atoms with Crippen molar-refractivity contribution in [1.29, 1.82) is 0 Å². The van der Waals surface area contributed by atoms with Gasteiger partial charge in [-0.3, -0.25) is 0 Å². The lowest BCUT2D eigenvalue weighted by molar-refractivity contribution is 0.135. The van der Waals surface area contributed by atoms with E-state index in [1.807, 2.05) is 25.1 Å². The quantitative estimate of drug-likeness (QED) is 0.798. The van der Waals surface area contributed by atoms with Gasteiger partial charge in [0.05, 0.1) is 18.8 Å². The first-order valence-electron chi connectivity index (χ1n) is 8.86. The van der Waals surface area contributed by atoms with Crippen molar-refractivity contribution >= 4 is 16.1 Å². The molecule has 7 nitrogen and oxygen atoms in total. The van der Waals surface area contributed by atoms with E-state index in [0.717, 1.165) is 29.7 Å². The van der Waals surface area contributed by atoms with Crippen LogP contribution in [0, 0.1) is 0 Å². The van der Waals surface area contributed by atoms with E-state index in [-0.39, 0.29) is 18.1 Å². The third-order valence-corrected chi connectivity index (χ3v) is 6.10. The molecule has 1 saturated carbocycles. The zero-order valence-corrected chi connectivity index (χ0v) is 16.6. The molecule has 1 fully saturated rings. The first-order chi connectivity index (χ1) is 12.2. The van der Waals surface area contributed by atoms with Crippen molar-refractivity contribution < 1.29 is 17.9 Å². The number of rotatable bonds is 4. The molecule has 144 valence electrons. The number of sulfonamides is 1. The number of ether oxygens (including phenoxy) is 1. The summed E-state index contributed by atoms with van der Waals surface area (Å²) in [5.41, 5.74) is 1.82. The molecule has 1 aromatic carbocycles. The molecule has 0 saturated heterocycles. The molecule has 1 aliphatic carbocycles. The van der Waals surface area contributed by atoms with E-state index >= 15 is 0 Å². The lowest BCUT2D eigenvalue weighted by Crippen LogP contribution is -2.45. The smallest absolute Gasteiger partial charge is 0.320 e. The van der Waals surface area contributed by atoms with E-state index in [9.17, 15) is 13.2 Å². The van der Waals surface area contributed by atoms with Crippen molar-refractivity contribution in [3.63, 3.8) is 0 Å². The maximum Gasteiger partial charge on any atom is 0.320 e. The molecule has 1 heterocycles. The van der Waals surface area contributed by atoms with Crippen LogP contribution in [0.4, 0.5) is 4.79 Å². The topological polar surface area (TPSA) is 70.2 Å². The minimum atomic E-state index is -3.24. The van der Waals surface area contributed by atoms with E-state index in [4.69, 9.17) is 4.74 Å². The van der Waals surface area contributed by atoms with Gasteiger partial charge in [0, 0.05) is 32.2 Å². The highest BCUT2D eigenvalue weighted by atomic mass is 32.2. The van der Waals surface area contributed by atoms with Crippen molar-refractivity contribution in [2.24, 2.45) is 0 Å². The molecule has 0 bridgehead atoms. The average molecular weight is 381 g/mol. The second kappa shape index (κ2) is 7.08. The van der Waals surface area contributed by atoms with Crippen LogP contribution in [-0.4, -0.2) is 67.6 Å². The van der Waals surface area contributed by atoms with Gasteiger partial charge in [0.2, 0.25) is 10.0 Å². The monoisotopic (exact) mass is 381 g/mol. The van der Waals surface area contributed by atoms with Crippen LogP contribution in [0.25, 0.3) is 0 Å². The summed E-state index contributed by atoms with van der Waals surface area (Å²) in [6.07, 6.45) is 3.10. The summed E-state index contributed by atoms with van der Waals surface area (Å²) < 4.78 is 31.6. The van der Waals surface area contributed by atoms with Crippen LogP contribution in [0.1, 0.15) is 30.9 Å². The fourth-order valence-electron chi connectivity index (χ4n) is 3.21. The number of amides is 2. The molecule has 1 aromatic rings. The van der Waals surface area contributed by atoms with Crippen molar-refractivity contribution in [3.05, 3.63) is 29.3 Å². The van der Waals surface area contributed by atoms with Gasteiger partial charge in [0.15, 0.2) is 0 Å². The highest BCUT2D eigenvalue weighted by molar-refractivity contribution is 7.88. The number of hydrogen-bond donors (Lipinski definition) is 0. The van der Waals surface area contributed by atoms with Gasteiger partial charge in [-0.1, -0.05) is 6.07 Å². The Hall–Kier alpha value is -1.80. The molecule has 2 amide bonds. The fraction of sp³-hybridized carbons (Fsp3) is 0.611. The Morgan fingerprint density at radius 3 is 2.58 bits per heavy atom. The summed E-state index contributed by atoms with van der Waals surface area (Å²) in [5, 5.41) is 0. The van der Waals surface area contributed by atoms with Gasteiger partial charge in [0.25, 0.3) is 0 Å². The summed E-state index contributed by atoms with van der Waals surface area (Å²) in [6, 6.07) is 5.77. The highest BCUT2D eigenvalue weighted by Crippen LogP contribution is 2.32. The highest BCUT2D eigenvalue weighted by Gasteiger charge is 2.35. The number of carbonyl (C=O) groups excluding carboxylic acids is 1. The third kappa shape index (κ3) is 4.12. The summed E-state index contributed by atoms with van der Waals surface area (Å²) in [5.74, 6) is 0.756. The van der Waals surface area contributed by atoms with Crippen LogP contribution in [0.15, 0.2) is 18.2 Å². The number of fused-ring (bicyclic) bond motifs is 1. The minimum Gasteiger partial charge on any atom is -0.491 e. The summed E-state index contributed by atoms with van der Waals surface area (Å²) >= 11 is 0. The Balaban J connectivity index is 1.85. The molecule has 2 aliphatic rings. The normalized spacial score (nSPS) is 20.3. The standard InChI is InChI=1S/C18H27N3O4S/c1-13-12-25-17-8-5-14(10-21(16-6-7-16)26(4,23)24)9-15(17)11-20(13)18(22)19(2)3/h5,8-9,13,16H,6-7,10-12H2,1-4H3/t13-/m0/s1. The molecule has 0 aromatic heterocycles. The van der Waals surface area contributed by atoms with E-state index in [1.165, 1.54) is 6.26 Å². The van der Waals surface area contributed by atoms with E-state index in [1.54, 1.807) is 28.2 Å². The Bertz CT molecular complexity index is 790. The van der Waals surface area contributed by atoms with E-state index < -0.39 is 10.0 Å². The molecule has 0 N–H and O–H groups in total. The maximum atomic E-state index is 12.5. The van der Waals surface area contributed by atoms with Crippen LogP contribution in [0.2, 0.25) is 0 Å². The number of urea groups is 1. The van der Waals surface area contributed by atoms with Crippen LogP contribution >= 0.6 is 0 Å². The van der Waals surface area contributed by atoms with Gasteiger partial charge >= 0.3 is 6.03 Å². The zero-order valence-electron chi connectivity index (χ0n) is 15.8. The Morgan fingerprint density at radius 2 is 2.00 bits per heavy atom. The molecule has 0 radical (unpaired) electrons. The van der Waals surface area contributed by atoms with Crippen molar-refractivity contribution in [2.75, 3.05) is 27.0 Å². The van der Waals surface area contributed by atoms with Crippen LogP contribution in [0.5, 0.6) is 5.75 Å². The van der Waals surface area contributed by atoms with Crippen molar-refractivity contribution in [2.45, 2.75) is 44.9 Å². The van der Waals surface area contributed by atoms with Crippen LogP contribution in [-0.2, 0) is 23.1 Å². The predicted octanol–water partition coefficient (Wildman–Crippen LogP) is 1.88. The number of carbonyl (C=O) groups is 1. The largest absolute Gasteiger partial charge is 0.491 e. The lowest BCUT2D eigenvalue weighted by Gasteiger charge is -2.29. The van der Waals surface area contributed by atoms with Gasteiger partial charge in [-0.05, 0) is 37.5 Å². The molecule has 0 unspecified atom stereocenters. The second-order valence-corrected chi connectivity index (χ2v) is 9.38. The Labute approximate surface area is 155 Å². The second-order valence-electron chi connectivity index (χ2n) is 7.45. The van der Waals surface area contributed by atoms with Gasteiger partial charge in [-0.15, -0.1) is 0 Å². The summed E-state index contributed by atoms with van der Waals surface area (Å²) in [7, 11) is 0.226. The minimum absolute atomic E-state index is 0.0419. The molecule has 1 aliphatic heterocycles. The van der Waals surface area contributed by atoms with Crippen molar-refractivity contribution in [3.8, 4) is 5.75 Å². The predicted molar refractivity (Wildman–Crippen MR) is 99.4 cm³/mol. The summed E-state index contributed by atoms with van der Waals surface area (Å²) in [6.45, 7) is 3.20. The number of benzene rings is 1.